The fraction of sp³-hybridized carbons (Fsp3) is 0.296. The van der Waals surface area contributed by atoms with E-state index in [0.29, 0.717) is 18.4 Å². The third kappa shape index (κ3) is 3.51. The van der Waals surface area contributed by atoms with Gasteiger partial charge in [0, 0.05) is 30.5 Å². The lowest BCUT2D eigenvalue weighted by atomic mass is 9.99. The molecule has 1 saturated carbocycles. The lowest BCUT2D eigenvalue weighted by molar-refractivity contribution is 0.219. The molecule has 8 heteroatoms. The van der Waals surface area contributed by atoms with E-state index in [2.05, 4.69) is 20.7 Å². The second kappa shape index (κ2) is 7.80. The number of urea groups is 1. The Morgan fingerprint density at radius 1 is 1.06 bits per heavy atom. The van der Waals surface area contributed by atoms with Crippen molar-refractivity contribution in [2.75, 3.05) is 24.2 Å². The molecule has 1 aliphatic heterocycles. The van der Waals surface area contributed by atoms with Crippen LogP contribution in [0.25, 0.3) is 22.2 Å². The number of carbonyl (C=O) groups excluding carboxylic acids is 1. The van der Waals surface area contributed by atoms with Gasteiger partial charge in [0.2, 0.25) is 0 Å². The van der Waals surface area contributed by atoms with Crippen LogP contribution >= 0.6 is 0 Å². The molecular weight excluding hydrogens is 443 g/mol. The van der Waals surface area contributed by atoms with Gasteiger partial charge in [-0.1, -0.05) is 12.1 Å². The molecule has 2 fully saturated rings. The number of benzene rings is 2. The number of hydrogen-bond acceptors (Lipinski definition) is 4. The molecule has 1 atom stereocenters. The highest BCUT2D eigenvalue weighted by atomic mass is 19.1. The van der Waals surface area contributed by atoms with E-state index >= 15 is 0 Å². The van der Waals surface area contributed by atoms with Gasteiger partial charge in [-0.25, -0.2) is 19.2 Å². The van der Waals surface area contributed by atoms with E-state index in [9.17, 15) is 9.18 Å². The SMILES string of the molecule is Cc1cc(F)cc(C2CN(c3ccc(-c4cn(C5CC5)c5ncnc(N)c45)c(C)c3)C(=O)N2C)c1. The third-order valence-electron chi connectivity index (χ3n) is 7.20. The largest absolute Gasteiger partial charge is 0.383 e. The Bertz CT molecular complexity index is 1470. The van der Waals surface area contributed by atoms with E-state index in [1.54, 1.807) is 16.8 Å². The maximum Gasteiger partial charge on any atom is 0.324 e. The smallest absolute Gasteiger partial charge is 0.324 e. The van der Waals surface area contributed by atoms with E-state index < -0.39 is 0 Å². The van der Waals surface area contributed by atoms with Crippen molar-refractivity contribution in [3.8, 4) is 11.1 Å². The van der Waals surface area contributed by atoms with Gasteiger partial charge < -0.3 is 15.2 Å². The van der Waals surface area contributed by atoms with Crippen molar-refractivity contribution in [3.63, 3.8) is 0 Å². The van der Waals surface area contributed by atoms with Crippen LogP contribution in [0.1, 0.15) is 41.6 Å². The number of nitrogen functional groups attached to an aromatic ring is 1. The summed E-state index contributed by atoms with van der Waals surface area (Å²) in [7, 11) is 1.77. The van der Waals surface area contributed by atoms with Gasteiger partial charge in [-0.15, -0.1) is 0 Å². The van der Waals surface area contributed by atoms with Gasteiger partial charge in [0.25, 0.3) is 0 Å². The number of hydrogen-bond donors (Lipinski definition) is 1. The number of carbonyl (C=O) groups is 1. The fourth-order valence-electron chi connectivity index (χ4n) is 5.26. The minimum absolute atomic E-state index is 0.105. The molecular formula is C27H27FN6O. The zero-order valence-corrected chi connectivity index (χ0v) is 20.0. The number of nitrogens with two attached hydrogens (primary N) is 1. The molecule has 4 aromatic rings. The number of fused-ring (bicyclic) bond motifs is 1. The molecule has 35 heavy (non-hydrogen) atoms. The highest BCUT2D eigenvalue weighted by molar-refractivity contribution is 6.02. The van der Waals surface area contributed by atoms with Gasteiger partial charge >= 0.3 is 6.03 Å². The number of nitrogens with zero attached hydrogens (tertiary/aromatic N) is 5. The van der Waals surface area contributed by atoms with E-state index in [1.165, 1.54) is 18.5 Å². The number of aromatic nitrogens is 3. The molecule has 3 heterocycles. The summed E-state index contributed by atoms with van der Waals surface area (Å²) in [6, 6.07) is 11.1. The molecule has 7 nitrogen and oxygen atoms in total. The maximum absolute atomic E-state index is 14.0. The maximum atomic E-state index is 14.0. The standard InChI is InChI=1S/C27H27FN6O/c1-15-8-17(11-18(28)9-15)23-13-34(27(35)32(23)3)20-6-7-21(16(2)10-20)22-12-33(19-4-5-19)26-24(22)25(29)30-14-31-26/h6-12,14,19,23H,4-5,13H2,1-3H3,(H2,29,30,31). The summed E-state index contributed by atoms with van der Waals surface area (Å²) in [5, 5.41) is 0.869. The van der Waals surface area contributed by atoms with Crippen molar-refractivity contribution < 1.29 is 9.18 Å². The Balaban J connectivity index is 1.36. The van der Waals surface area contributed by atoms with Crippen molar-refractivity contribution in [3.05, 3.63) is 71.4 Å². The van der Waals surface area contributed by atoms with Crippen LogP contribution in [0.4, 0.5) is 20.7 Å². The molecule has 1 saturated heterocycles. The van der Waals surface area contributed by atoms with Crippen LogP contribution in [-0.2, 0) is 0 Å². The Labute approximate surface area is 203 Å². The molecule has 6 rings (SSSR count). The van der Waals surface area contributed by atoms with Crippen LogP contribution in [0, 0.1) is 19.7 Å². The van der Waals surface area contributed by atoms with E-state index in [1.807, 2.05) is 38.1 Å². The Kier molecular flexibility index (Phi) is 4.81. The van der Waals surface area contributed by atoms with Gasteiger partial charge in [-0.2, -0.15) is 0 Å². The molecule has 0 spiro atoms. The van der Waals surface area contributed by atoms with Crippen LogP contribution in [0.5, 0.6) is 0 Å². The molecule has 2 aromatic carbocycles. The van der Waals surface area contributed by atoms with Crippen molar-refractivity contribution in [2.45, 2.75) is 38.8 Å². The molecule has 2 aromatic heterocycles. The number of likely N-dealkylation sites (N-methyl/N-ethyl adjacent to an activating group) is 1. The lowest BCUT2D eigenvalue weighted by Crippen LogP contribution is -2.29. The predicted molar refractivity (Wildman–Crippen MR) is 135 cm³/mol. The van der Waals surface area contributed by atoms with Crippen LogP contribution in [0.3, 0.4) is 0 Å². The van der Waals surface area contributed by atoms with Gasteiger partial charge in [0.1, 0.15) is 23.6 Å². The number of rotatable bonds is 4. The van der Waals surface area contributed by atoms with Crippen molar-refractivity contribution >= 4 is 28.6 Å². The van der Waals surface area contributed by atoms with Gasteiger partial charge in [-0.05, 0) is 73.2 Å². The summed E-state index contributed by atoms with van der Waals surface area (Å²) in [6.45, 7) is 4.36. The van der Waals surface area contributed by atoms with Gasteiger partial charge in [0.05, 0.1) is 18.0 Å². The van der Waals surface area contributed by atoms with Crippen molar-refractivity contribution in [1.29, 1.82) is 0 Å². The van der Waals surface area contributed by atoms with Crippen LogP contribution in [-0.4, -0.2) is 39.1 Å². The normalized spacial score (nSPS) is 18.2. The molecule has 1 aliphatic carbocycles. The van der Waals surface area contributed by atoms with E-state index in [0.717, 1.165) is 57.4 Å². The van der Waals surface area contributed by atoms with Crippen LogP contribution in [0.2, 0.25) is 0 Å². The first-order chi connectivity index (χ1) is 16.8. The number of amides is 2. The molecule has 2 amide bonds. The second-order valence-electron chi connectivity index (χ2n) is 9.72. The molecule has 0 bridgehead atoms. The number of halogens is 1. The lowest BCUT2D eigenvalue weighted by Gasteiger charge is -2.18. The molecule has 0 radical (unpaired) electrons. The summed E-state index contributed by atoms with van der Waals surface area (Å²) in [5.74, 6) is 0.186. The average molecular weight is 471 g/mol. The zero-order valence-electron chi connectivity index (χ0n) is 20.0. The fourth-order valence-corrected chi connectivity index (χ4v) is 5.26. The summed E-state index contributed by atoms with van der Waals surface area (Å²) in [4.78, 5) is 25.3. The molecule has 2 N–H and O–H groups in total. The number of anilines is 2. The summed E-state index contributed by atoms with van der Waals surface area (Å²) in [5.41, 5.74) is 12.7. The highest BCUT2D eigenvalue weighted by Gasteiger charge is 2.37. The Morgan fingerprint density at radius 2 is 1.86 bits per heavy atom. The van der Waals surface area contributed by atoms with Gasteiger partial charge in [0.15, 0.2) is 0 Å². The minimum atomic E-state index is -0.284. The van der Waals surface area contributed by atoms with Crippen LogP contribution in [0.15, 0.2) is 48.9 Å². The summed E-state index contributed by atoms with van der Waals surface area (Å²) in [6.07, 6.45) is 5.93. The van der Waals surface area contributed by atoms with Crippen LogP contribution < -0.4 is 10.6 Å². The second-order valence-corrected chi connectivity index (χ2v) is 9.72. The molecule has 178 valence electrons. The van der Waals surface area contributed by atoms with Gasteiger partial charge in [-0.3, -0.25) is 4.90 Å². The topological polar surface area (TPSA) is 80.3 Å². The predicted octanol–water partition coefficient (Wildman–Crippen LogP) is 5.38. The monoisotopic (exact) mass is 470 g/mol. The molecule has 1 unspecified atom stereocenters. The first-order valence-electron chi connectivity index (χ1n) is 11.9. The zero-order chi connectivity index (χ0) is 24.4. The summed E-state index contributed by atoms with van der Waals surface area (Å²) >= 11 is 0. The van der Waals surface area contributed by atoms with E-state index in [-0.39, 0.29) is 17.9 Å². The Morgan fingerprint density at radius 3 is 2.57 bits per heavy atom. The first-order valence-corrected chi connectivity index (χ1v) is 11.9. The average Bonchev–Trinajstić information content (AvgIpc) is 3.52. The minimum Gasteiger partial charge on any atom is -0.383 e. The van der Waals surface area contributed by atoms with Crippen molar-refractivity contribution in [2.24, 2.45) is 0 Å². The number of aryl methyl sites for hydroxylation is 2. The molecule has 2 aliphatic rings. The third-order valence-corrected chi connectivity index (χ3v) is 7.20. The Hall–Kier alpha value is -3.94. The quantitative estimate of drug-likeness (QED) is 0.434. The first kappa shape index (κ1) is 21.6. The van der Waals surface area contributed by atoms with E-state index in [4.69, 9.17) is 5.73 Å². The van der Waals surface area contributed by atoms with Crippen molar-refractivity contribution in [1.82, 2.24) is 19.4 Å². The highest BCUT2D eigenvalue weighted by Crippen LogP contribution is 2.43. The summed E-state index contributed by atoms with van der Waals surface area (Å²) < 4.78 is 16.3.